The third-order valence-electron chi connectivity index (χ3n) is 7.25. The molecule has 2 fully saturated rings. The van der Waals surface area contributed by atoms with Gasteiger partial charge in [-0.25, -0.2) is 4.68 Å². The number of aliphatic hydroxyl groups excluding tert-OH is 1. The highest BCUT2D eigenvalue weighted by Crippen LogP contribution is 2.40. The predicted molar refractivity (Wildman–Crippen MR) is 127 cm³/mol. The Morgan fingerprint density at radius 1 is 1.26 bits per heavy atom. The van der Waals surface area contributed by atoms with Crippen LogP contribution in [0.4, 0.5) is 0 Å². The standard InChI is InChI=1S/C24H36N8O3/c1-24(2,3)21(32-15-19(27-28-32)16-4-5-16)23(35)30-14-18(33)12-20(30)22(34)25-8-9-29-10-11-31-17(13-29)6-7-26-31/h6-7,15-16,18,20-21,33H,4-5,8-14H2,1-3H3,(H,25,34)/t18?,20?,21-/m1/s1. The second-order valence-corrected chi connectivity index (χ2v) is 11.2. The summed E-state index contributed by atoms with van der Waals surface area (Å²) in [6.07, 6.45) is 5.41. The van der Waals surface area contributed by atoms with E-state index in [0.717, 1.165) is 38.2 Å². The fourth-order valence-corrected chi connectivity index (χ4v) is 5.21. The molecule has 1 aliphatic carbocycles. The summed E-state index contributed by atoms with van der Waals surface area (Å²) in [4.78, 5) is 30.7. The maximum Gasteiger partial charge on any atom is 0.248 e. The molecule has 2 aromatic rings. The lowest BCUT2D eigenvalue weighted by atomic mass is 9.85. The zero-order valence-corrected chi connectivity index (χ0v) is 20.8. The number of aromatic nitrogens is 5. The molecule has 0 radical (unpaired) electrons. The van der Waals surface area contributed by atoms with E-state index in [0.29, 0.717) is 19.0 Å². The van der Waals surface area contributed by atoms with Gasteiger partial charge >= 0.3 is 0 Å². The van der Waals surface area contributed by atoms with Crippen LogP contribution in [0.25, 0.3) is 0 Å². The van der Waals surface area contributed by atoms with Crippen molar-refractivity contribution in [3.05, 3.63) is 29.8 Å². The van der Waals surface area contributed by atoms with Crippen molar-refractivity contribution >= 4 is 11.8 Å². The molecule has 5 rings (SSSR count). The second kappa shape index (κ2) is 9.34. The number of aliphatic hydroxyl groups is 1. The van der Waals surface area contributed by atoms with Crippen LogP contribution in [0.2, 0.25) is 0 Å². The number of carbonyl (C=O) groups excluding carboxylic acids is 2. The minimum Gasteiger partial charge on any atom is -0.391 e. The average molecular weight is 485 g/mol. The van der Waals surface area contributed by atoms with E-state index in [9.17, 15) is 14.7 Å². The summed E-state index contributed by atoms with van der Waals surface area (Å²) in [6, 6.07) is 0.709. The molecule has 1 saturated carbocycles. The van der Waals surface area contributed by atoms with E-state index in [4.69, 9.17) is 0 Å². The molecule has 0 bridgehead atoms. The topological polar surface area (TPSA) is 121 Å². The number of hydrogen-bond donors (Lipinski definition) is 2. The van der Waals surface area contributed by atoms with Crippen LogP contribution < -0.4 is 5.32 Å². The van der Waals surface area contributed by atoms with Crippen molar-refractivity contribution in [3.63, 3.8) is 0 Å². The number of nitrogens with one attached hydrogen (secondary N) is 1. The van der Waals surface area contributed by atoms with E-state index in [1.165, 1.54) is 10.6 Å². The number of nitrogens with zero attached hydrogens (tertiary/aromatic N) is 7. The summed E-state index contributed by atoms with van der Waals surface area (Å²) in [5, 5.41) is 26.3. The molecule has 0 aromatic carbocycles. The van der Waals surface area contributed by atoms with E-state index in [-0.39, 0.29) is 24.8 Å². The highest BCUT2D eigenvalue weighted by Gasteiger charge is 2.45. The predicted octanol–water partition coefficient (Wildman–Crippen LogP) is 0.533. The Balaban J connectivity index is 1.23. The van der Waals surface area contributed by atoms with E-state index in [1.54, 1.807) is 4.68 Å². The van der Waals surface area contributed by atoms with Crippen LogP contribution in [0, 0.1) is 5.41 Å². The summed E-state index contributed by atoms with van der Waals surface area (Å²) in [7, 11) is 0. The molecule has 2 N–H and O–H groups in total. The van der Waals surface area contributed by atoms with Gasteiger partial charge in [0, 0.05) is 57.5 Å². The van der Waals surface area contributed by atoms with Crippen molar-refractivity contribution in [3.8, 4) is 0 Å². The first-order valence-corrected chi connectivity index (χ1v) is 12.6. The van der Waals surface area contributed by atoms with Crippen LogP contribution in [0.3, 0.4) is 0 Å². The lowest BCUT2D eigenvalue weighted by molar-refractivity contribution is -0.144. The Morgan fingerprint density at radius 3 is 2.80 bits per heavy atom. The highest BCUT2D eigenvalue weighted by molar-refractivity contribution is 5.90. The Morgan fingerprint density at radius 2 is 2.06 bits per heavy atom. The molecule has 3 aliphatic rings. The Bertz CT molecular complexity index is 1070. The summed E-state index contributed by atoms with van der Waals surface area (Å²) in [5.74, 6) is 0.0136. The lowest BCUT2D eigenvalue weighted by Gasteiger charge is -2.34. The van der Waals surface area contributed by atoms with Crippen molar-refractivity contribution < 1.29 is 14.7 Å². The van der Waals surface area contributed by atoms with E-state index >= 15 is 0 Å². The maximum absolute atomic E-state index is 13.8. The number of hydrogen-bond acceptors (Lipinski definition) is 7. The van der Waals surface area contributed by atoms with Gasteiger partial charge in [0.25, 0.3) is 0 Å². The first-order chi connectivity index (χ1) is 16.7. The molecule has 2 amide bonds. The van der Waals surface area contributed by atoms with Gasteiger partial charge in [-0.2, -0.15) is 5.10 Å². The molecule has 0 spiro atoms. The van der Waals surface area contributed by atoms with Crippen molar-refractivity contribution in [2.75, 3.05) is 26.2 Å². The lowest BCUT2D eigenvalue weighted by Crippen LogP contribution is -2.51. The first-order valence-electron chi connectivity index (χ1n) is 12.6. The summed E-state index contributed by atoms with van der Waals surface area (Å²) in [6.45, 7) is 9.82. The molecule has 4 heterocycles. The van der Waals surface area contributed by atoms with Gasteiger partial charge in [-0.15, -0.1) is 5.10 Å². The van der Waals surface area contributed by atoms with Gasteiger partial charge in [0.1, 0.15) is 12.1 Å². The Hall–Kier alpha value is -2.79. The summed E-state index contributed by atoms with van der Waals surface area (Å²) >= 11 is 0. The number of rotatable bonds is 7. The van der Waals surface area contributed by atoms with Gasteiger partial charge in [0.15, 0.2) is 0 Å². The third kappa shape index (κ3) is 5.11. The van der Waals surface area contributed by atoms with Crippen LogP contribution >= 0.6 is 0 Å². The maximum atomic E-state index is 13.8. The van der Waals surface area contributed by atoms with E-state index in [1.807, 2.05) is 43.9 Å². The molecular formula is C24H36N8O3. The molecule has 2 unspecified atom stereocenters. The molecule has 35 heavy (non-hydrogen) atoms. The average Bonchev–Trinajstić information content (AvgIpc) is 3.18. The fourth-order valence-electron chi connectivity index (χ4n) is 5.21. The van der Waals surface area contributed by atoms with Gasteiger partial charge < -0.3 is 15.3 Å². The number of carbonyl (C=O) groups is 2. The SMILES string of the molecule is CC(C)(C)[C@@H](C(=O)N1CC(O)CC1C(=O)NCCN1CCn2nccc2C1)n1cc(C2CC2)nn1. The van der Waals surface area contributed by atoms with Gasteiger partial charge in [0.2, 0.25) is 11.8 Å². The molecule has 2 aliphatic heterocycles. The summed E-state index contributed by atoms with van der Waals surface area (Å²) < 4.78 is 3.66. The zero-order valence-electron chi connectivity index (χ0n) is 20.8. The van der Waals surface area contributed by atoms with Crippen LogP contribution in [-0.4, -0.2) is 89.8 Å². The second-order valence-electron chi connectivity index (χ2n) is 11.2. The molecule has 190 valence electrons. The van der Waals surface area contributed by atoms with Crippen LogP contribution in [0.5, 0.6) is 0 Å². The molecule has 3 atom stereocenters. The summed E-state index contributed by atoms with van der Waals surface area (Å²) in [5.41, 5.74) is 1.65. The van der Waals surface area contributed by atoms with E-state index in [2.05, 4.69) is 25.6 Å². The molecule has 2 aromatic heterocycles. The number of likely N-dealkylation sites (tertiary alicyclic amines) is 1. The quantitative estimate of drug-likeness (QED) is 0.588. The highest BCUT2D eigenvalue weighted by atomic mass is 16.3. The van der Waals surface area contributed by atoms with Crippen LogP contribution in [-0.2, 0) is 22.7 Å². The van der Waals surface area contributed by atoms with Crippen molar-refractivity contribution in [1.29, 1.82) is 0 Å². The van der Waals surface area contributed by atoms with Gasteiger partial charge in [-0.05, 0) is 24.3 Å². The normalized spacial score (nSPS) is 23.8. The van der Waals surface area contributed by atoms with Crippen LogP contribution in [0.15, 0.2) is 18.5 Å². The molecule has 11 heteroatoms. The van der Waals surface area contributed by atoms with Gasteiger partial charge in [-0.1, -0.05) is 26.0 Å². The number of amides is 2. The fraction of sp³-hybridized carbons (Fsp3) is 0.708. The third-order valence-corrected chi connectivity index (χ3v) is 7.25. The molecule has 11 nitrogen and oxygen atoms in total. The van der Waals surface area contributed by atoms with E-state index < -0.39 is 23.6 Å². The molecule has 1 saturated heterocycles. The number of fused-ring (bicyclic) bond motifs is 1. The van der Waals surface area contributed by atoms with Crippen molar-refractivity contribution in [2.45, 2.75) is 77.2 Å². The smallest absolute Gasteiger partial charge is 0.248 e. The minimum atomic E-state index is -0.726. The monoisotopic (exact) mass is 484 g/mol. The Labute approximate surface area is 205 Å². The number of β-amino-alcohol motifs (C(OH)–C–C–N with tert-alkyl or cyclic N) is 1. The minimum absolute atomic E-state index is 0.143. The van der Waals surface area contributed by atoms with Crippen LogP contribution in [0.1, 0.15) is 63.4 Å². The zero-order chi connectivity index (χ0) is 24.7. The largest absolute Gasteiger partial charge is 0.391 e. The van der Waals surface area contributed by atoms with Gasteiger partial charge in [0.05, 0.1) is 24.0 Å². The van der Waals surface area contributed by atoms with Crippen molar-refractivity contribution in [2.24, 2.45) is 5.41 Å². The Kier molecular flexibility index (Phi) is 6.39. The molecular weight excluding hydrogens is 448 g/mol. The van der Waals surface area contributed by atoms with Gasteiger partial charge in [-0.3, -0.25) is 19.2 Å². The first kappa shape index (κ1) is 23.9. The van der Waals surface area contributed by atoms with Crippen molar-refractivity contribution in [1.82, 2.24) is 39.9 Å².